The number of esters is 2. The molecule has 0 amide bonds. The minimum atomic E-state index is -4.96. The highest BCUT2D eigenvalue weighted by Gasteiger charge is 2.40. The standard InChI is InChI=1S/C26H17Cl7FNO8S/c1-40-35-10-21(34)24(42-26(37)15-5-3-13(28)7-17(15)30)22(11-41-25(36)14-4-2-12(27)6-16(14)29)43-44(38,39)23-9-19(32)18(31)8-20(23)33/h2-10,21-22,24H,11H2,1H3/t21-,22-,24-/m0/s1. The second-order valence-electron chi connectivity index (χ2n) is 8.38. The van der Waals surface area contributed by atoms with Crippen molar-refractivity contribution in [1.82, 2.24) is 0 Å². The van der Waals surface area contributed by atoms with Crippen molar-refractivity contribution in [3.63, 3.8) is 0 Å². The van der Waals surface area contributed by atoms with E-state index < -0.39 is 57.0 Å². The van der Waals surface area contributed by atoms with Crippen LogP contribution in [-0.4, -0.2) is 58.7 Å². The number of alkyl halides is 1. The highest BCUT2D eigenvalue weighted by atomic mass is 35.5. The van der Waals surface area contributed by atoms with Gasteiger partial charge in [-0.1, -0.05) is 86.4 Å². The van der Waals surface area contributed by atoms with E-state index in [4.69, 9.17) is 94.9 Å². The van der Waals surface area contributed by atoms with Crippen LogP contribution in [0, 0.1) is 0 Å². The zero-order valence-electron chi connectivity index (χ0n) is 21.8. The molecule has 0 unspecified atom stereocenters. The molecular formula is C26H17Cl7FNO8S. The summed E-state index contributed by atoms with van der Waals surface area (Å²) in [5.41, 5.74) is -0.444. The third-order valence-corrected chi connectivity index (χ3v) is 9.03. The molecule has 0 aliphatic heterocycles. The van der Waals surface area contributed by atoms with E-state index >= 15 is 4.39 Å². The smallest absolute Gasteiger partial charge is 0.340 e. The fourth-order valence-electron chi connectivity index (χ4n) is 3.37. The van der Waals surface area contributed by atoms with E-state index in [1.807, 2.05) is 0 Å². The normalized spacial score (nSPS) is 13.8. The zero-order chi connectivity index (χ0) is 32.8. The maximum absolute atomic E-state index is 15.6. The highest BCUT2D eigenvalue weighted by molar-refractivity contribution is 7.87. The molecule has 0 fully saturated rings. The van der Waals surface area contributed by atoms with E-state index in [0.717, 1.165) is 19.2 Å². The third kappa shape index (κ3) is 9.48. The lowest BCUT2D eigenvalue weighted by molar-refractivity contribution is -0.0478. The molecule has 0 radical (unpaired) electrons. The van der Waals surface area contributed by atoms with Crippen molar-refractivity contribution in [3.05, 3.63) is 94.8 Å². The van der Waals surface area contributed by atoms with E-state index in [2.05, 4.69) is 9.99 Å². The van der Waals surface area contributed by atoms with Crippen molar-refractivity contribution in [2.24, 2.45) is 5.16 Å². The average Bonchev–Trinajstić information content (AvgIpc) is 2.94. The van der Waals surface area contributed by atoms with E-state index in [-0.39, 0.29) is 41.3 Å². The second kappa shape index (κ2) is 16.0. The van der Waals surface area contributed by atoms with Gasteiger partial charge in [-0.15, -0.1) is 0 Å². The number of rotatable bonds is 12. The molecule has 0 saturated heterocycles. The van der Waals surface area contributed by atoms with Crippen LogP contribution >= 0.6 is 81.2 Å². The van der Waals surface area contributed by atoms with Crippen molar-refractivity contribution >= 4 is 109 Å². The Hall–Kier alpha value is -2.06. The van der Waals surface area contributed by atoms with Crippen molar-refractivity contribution < 1.29 is 40.9 Å². The maximum atomic E-state index is 15.6. The number of hydrogen-bond donors (Lipinski definition) is 0. The lowest BCUT2D eigenvalue weighted by Gasteiger charge is -2.27. The van der Waals surface area contributed by atoms with Gasteiger partial charge in [0, 0.05) is 10.0 Å². The van der Waals surface area contributed by atoms with Crippen LogP contribution in [0.5, 0.6) is 0 Å². The first-order chi connectivity index (χ1) is 20.6. The molecule has 0 bridgehead atoms. The average molecular weight is 771 g/mol. The van der Waals surface area contributed by atoms with Crippen LogP contribution in [0.2, 0.25) is 35.2 Å². The van der Waals surface area contributed by atoms with Crippen LogP contribution in [0.3, 0.4) is 0 Å². The first-order valence-electron chi connectivity index (χ1n) is 11.7. The summed E-state index contributed by atoms with van der Waals surface area (Å²) in [5.74, 6) is -2.31. The summed E-state index contributed by atoms with van der Waals surface area (Å²) >= 11 is 41.9. The number of carbonyl (C=O) groups excluding carboxylic acids is 2. The van der Waals surface area contributed by atoms with Crippen LogP contribution in [0.15, 0.2) is 58.6 Å². The van der Waals surface area contributed by atoms with Gasteiger partial charge in [-0.25, -0.2) is 14.0 Å². The van der Waals surface area contributed by atoms with Gasteiger partial charge in [0.25, 0.3) is 10.1 Å². The van der Waals surface area contributed by atoms with E-state index in [1.54, 1.807) is 0 Å². The summed E-state index contributed by atoms with van der Waals surface area (Å²) < 4.78 is 58.2. The Labute approximate surface area is 285 Å². The summed E-state index contributed by atoms with van der Waals surface area (Å²) in [5, 5.41) is 2.72. The summed E-state index contributed by atoms with van der Waals surface area (Å²) in [6.07, 6.45) is -6.12. The molecule has 236 valence electrons. The largest absolute Gasteiger partial charge is 0.459 e. The quantitative estimate of drug-likeness (QED) is 0.0593. The van der Waals surface area contributed by atoms with Crippen molar-refractivity contribution in [2.45, 2.75) is 23.3 Å². The Balaban J connectivity index is 2.06. The molecular weight excluding hydrogens is 754 g/mol. The first kappa shape index (κ1) is 36.4. The molecule has 0 saturated carbocycles. The molecule has 3 rings (SSSR count). The summed E-state index contributed by atoms with van der Waals surface area (Å²) in [6.45, 7) is -1.02. The van der Waals surface area contributed by atoms with Crippen LogP contribution in [0.4, 0.5) is 4.39 Å². The number of nitrogens with zero attached hydrogens (tertiary/aromatic N) is 1. The molecule has 0 spiro atoms. The molecule has 0 aromatic heterocycles. The molecule has 0 aliphatic rings. The predicted octanol–water partition coefficient (Wildman–Crippen LogP) is 8.39. The van der Waals surface area contributed by atoms with Crippen molar-refractivity contribution in [1.29, 1.82) is 0 Å². The monoisotopic (exact) mass is 767 g/mol. The van der Waals surface area contributed by atoms with Gasteiger partial charge in [-0.05, 0) is 48.5 Å². The van der Waals surface area contributed by atoms with Crippen LogP contribution in [0.1, 0.15) is 20.7 Å². The van der Waals surface area contributed by atoms with Gasteiger partial charge in [0.1, 0.15) is 18.6 Å². The van der Waals surface area contributed by atoms with Gasteiger partial charge in [0.15, 0.2) is 18.4 Å². The Morgan fingerprint density at radius 2 is 1.36 bits per heavy atom. The molecule has 9 nitrogen and oxygen atoms in total. The maximum Gasteiger partial charge on any atom is 0.340 e. The topological polar surface area (TPSA) is 118 Å². The van der Waals surface area contributed by atoms with E-state index in [0.29, 0.717) is 6.21 Å². The lowest BCUT2D eigenvalue weighted by atomic mass is 10.1. The van der Waals surface area contributed by atoms with Crippen molar-refractivity contribution in [3.8, 4) is 0 Å². The van der Waals surface area contributed by atoms with Crippen LogP contribution in [0.25, 0.3) is 0 Å². The third-order valence-electron chi connectivity index (χ3n) is 5.41. The zero-order valence-corrected chi connectivity index (χ0v) is 27.9. The fraction of sp³-hybridized carbons (Fsp3) is 0.192. The minimum Gasteiger partial charge on any atom is -0.459 e. The Kier molecular flexibility index (Phi) is 13.2. The first-order valence-corrected chi connectivity index (χ1v) is 15.8. The molecule has 3 aromatic rings. The fourth-order valence-corrected chi connectivity index (χ4v) is 6.39. The molecule has 0 aliphatic carbocycles. The van der Waals surface area contributed by atoms with Crippen LogP contribution < -0.4 is 0 Å². The van der Waals surface area contributed by atoms with Gasteiger partial charge < -0.3 is 14.3 Å². The summed E-state index contributed by atoms with van der Waals surface area (Å²) in [7, 11) is -3.86. The molecule has 3 atom stereocenters. The predicted molar refractivity (Wildman–Crippen MR) is 166 cm³/mol. The summed E-state index contributed by atoms with van der Waals surface area (Å²) in [4.78, 5) is 29.8. The van der Waals surface area contributed by atoms with Crippen LogP contribution in [-0.2, 0) is 28.6 Å². The molecule has 3 aromatic carbocycles. The number of benzene rings is 3. The number of oxime groups is 1. The molecule has 0 N–H and O–H groups in total. The minimum absolute atomic E-state index is 0.0767. The van der Waals surface area contributed by atoms with Crippen molar-refractivity contribution in [2.75, 3.05) is 13.7 Å². The number of ether oxygens (including phenoxy) is 2. The van der Waals surface area contributed by atoms with Gasteiger partial charge >= 0.3 is 11.9 Å². The number of hydrogen-bond acceptors (Lipinski definition) is 9. The molecule has 18 heteroatoms. The lowest BCUT2D eigenvalue weighted by Crippen LogP contribution is -2.45. The Bertz CT molecular complexity index is 1690. The summed E-state index contributed by atoms with van der Waals surface area (Å²) in [6, 6.07) is 9.45. The number of carbonyl (C=O) groups is 2. The van der Waals surface area contributed by atoms with Gasteiger partial charge in [0.05, 0.1) is 42.5 Å². The molecule has 0 heterocycles. The van der Waals surface area contributed by atoms with E-state index in [1.165, 1.54) is 36.4 Å². The highest BCUT2D eigenvalue weighted by Crippen LogP contribution is 2.34. The van der Waals surface area contributed by atoms with Gasteiger partial charge in [0.2, 0.25) is 0 Å². The SMILES string of the molecule is CON=C[C@H](F)[C@H](OC(=O)c1ccc(Cl)cc1Cl)[C@H](COC(=O)c1ccc(Cl)cc1Cl)OS(=O)(=O)c1cc(Cl)c(Cl)cc1Cl. The van der Waals surface area contributed by atoms with Gasteiger partial charge in [-0.3, -0.25) is 4.18 Å². The Morgan fingerprint density at radius 1 is 0.818 bits per heavy atom. The molecule has 44 heavy (non-hydrogen) atoms. The number of halogens is 8. The van der Waals surface area contributed by atoms with E-state index in [9.17, 15) is 18.0 Å². The van der Waals surface area contributed by atoms with Gasteiger partial charge in [-0.2, -0.15) is 8.42 Å². The second-order valence-corrected chi connectivity index (χ2v) is 12.8. The Morgan fingerprint density at radius 3 is 1.91 bits per heavy atom.